The van der Waals surface area contributed by atoms with Crippen LogP contribution in [-0.2, 0) is 37.1 Å². The molecule has 3 N–H and O–H groups in total. The lowest BCUT2D eigenvalue weighted by Gasteiger charge is -2.26. The fourth-order valence-corrected chi connectivity index (χ4v) is 6.82. The van der Waals surface area contributed by atoms with Crippen molar-refractivity contribution in [1.29, 1.82) is 0 Å². The van der Waals surface area contributed by atoms with Gasteiger partial charge in [-0.3, -0.25) is 9.59 Å². The summed E-state index contributed by atoms with van der Waals surface area (Å²) in [5, 5.41) is 2.89. The van der Waals surface area contributed by atoms with Crippen LogP contribution in [0.5, 0.6) is 0 Å². The summed E-state index contributed by atoms with van der Waals surface area (Å²) in [6.45, 7) is 0.300. The maximum Gasteiger partial charge on any atom is 0.340 e. The van der Waals surface area contributed by atoms with E-state index in [2.05, 4.69) is 5.32 Å². The molecule has 13 heteroatoms. The van der Waals surface area contributed by atoms with E-state index < -0.39 is 34.4 Å². The summed E-state index contributed by atoms with van der Waals surface area (Å²) in [7, 11) is -3.85. The van der Waals surface area contributed by atoms with E-state index in [4.69, 9.17) is 26.8 Å². The lowest BCUT2D eigenvalue weighted by molar-refractivity contribution is -0.119. The topological polar surface area (TPSA) is 145 Å². The van der Waals surface area contributed by atoms with Crippen LogP contribution in [0.2, 0.25) is 5.02 Å². The van der Waals surface area contributed by atoms with Gasteiger partial charge in [0.05, 0.1) is 34.3 Å². The number of anilines is 1. The highest BCUT2D eigenvalue weighted by Gasteiger charge is 2.29. The highest BCUT2D eigenvalue weighted by molar-refractivity contribution is 7.89. The molecular weight excluding hydrogens is 506 g/mol. The number of nitrogens with one attached hydrogen (secondary N) is 1. The zero-order valence-corrected chi connectivity index (χ0v) is 20.4. The van der Waals surface area contributed by atoms with Crippen molar-refractivity contribution < 1.29 is 32.3 Å². The summed E-state index contributed by atoms with van der Waals surface area (Å²) in [5.41, 5.74) is 6.45. The largest absolute Gasteiger partial charge is 0.452 e. The summed E-state index contributed by atoms with van der Waals surface area (Å²) in [6.07, 6.45) is 2.46. The van der Waals surface area contributed by atoms with Gasteiger partial charge in [-0.05, 0) is 43.0 Å². The number of nitrogens with zero attached hydrogens (tertiary/aromatic N) is 1. The number of rotatable bonds is 7. The molecule has 1 saturated heterocycles. The number of benzene rings is 1. The molecule has 0 saturated carbocycles. The second-order valence-corrected chi connectivity index (χ2v) is 11.2. The second-order valence-electron chi connectivity index (χ2n) is 7.71. The Morgan fingerprint density at radius 2 is 1.94 bits per heavy atom. The van der Waals surface area contributed by atoms with E-state index in [9.17, 15) is 22.8 Å². The van der Waals surface area contributed by atoms with Crippen LogP contribution in [0, 0.1) is 0 Å². The molecule has 4 rings (SSSR count). The maximum atomic E-state index is 12.9. The van der Waals surface area contributed by atoms with Crippen molar-refractivity contribution in [3.63, 3.8) is 0 Å². The number of fused-ring (bicyclic) bond motifs is 1. The van der Waals surface area contributed by atoms with Crippen molar-refractivity contribution in [2.24, 2.45) is 5.73 Å². The Labute approximate surface area is 205 Å². The average Bonchev–Trinajstić information content (AvgIpc) is 3.38. The molecule has 34 heavy (non-hydrogen) atoms. The van der Waals surface area contributed by atoms with Gasteiger partial charge in [0.1, 0.15) is 5.00 Å². The van der Waals surface area contributed by atoms with Gasteiger partial charge in [0.15, 0.2) is 6.61 Å². The summed E-state index contributed by atoms with van der Waals surface area (Å²) in [6, 6.07) is 3.72. The number of halogens is 1. The fraction of sp³-hybridized carbons (Fsp3) is 0.381. The van der Waals surface area contributed by atoms with Crippen LogP contribution in [0.25, 0.3) is 0 Å². The summed E-state index contributed by atoms with van der Waals surface area (Å²) in [5.74, 6) is -2.25. The number of morpholine rings is 1. The molecule has 0 unspecified atom stereocenters. The highest BCUT2D eigenvalue weighted by atomic mass is 35.5. The zero-order valence-electron chi connectivity index (χ0n) is 18.0. The fourth-order valence-electron chi connectivity index (χ4n) is 3.88. The van der Waals surface area contributed by atoms with Crippen LogP contribution >= 0.6 is 22.9 Å². The maximum absolute atomic E-state index is 12.9. The molecule has 1 aromatic heterocycles. The van der Waals surface area contributed by atoms with Gasteiger partial charge in [0.25, 0.3) is 11.8 Å². The van der Waals surface area contributed by atoms with Gasteiger partial charge in [-0.2, -0.15) is 4.31 Å². The Hall–Kier alpha value is -2.51. The molecule has 0 bridgehead atoms. The minimum Gasteiger partial charge on any atom is -0.452 e. The summed E-state index contributed by atoms with van der Waals surface area (Å²) < 4.78 is 37.2. The lowest BCUT2D eigenvalue weighted by atomic mass is 10.1. The molecule has 2 aromatic rings. The van der Waals surface area contributed by atoms with Gasteiger partial charge >= 0.3 is 5.97 Å². The second kappa shape index (κ2) is 10.0. The monoisotopic (exact) mass is 527 g/mol. The van der Waals surface area contributed by atoms with E-state index in [1.807, 2.05) is 0 Å². The number of primary amides is 1. The van der Waals surface area contributed by atoms with E-state index in [0.29, 0.717) is 10.6 Å². The van der Waals surface area contributed by atoms with E-state index in [-0.39, 0.29) is 41.8 Å². The molecule has 2 amide bonds. The molecular formula is C21H22ClN3O7S2. The third kappa shape index (κ3) is 4.96. The van der Waals surface area contributed by atoms with Crippen LogP contribution in [0.15, 0.2) is 23.1 Å². The number of esters is 1. The Morgan fingerprint density at radius 3 is 2.65 bits per heavy atom. The predicted molar refractivity (Wildman–Crippen MR) is 125 cm³/mol. The molecule has 1 aromatic carbocycles. The normalized spacial score (nSPS) is 16.1. The Morgan fingerprint density at radius 1 is 1.21 bits per heavy atom. The van der Waals surface area contributed by atoms with E-state index in [1.165, 1.54) is 27.8 Å². The first-order chi connectivity index (χ1) is 16.2. The highest BCUT2D eigenvalue weighted by Crippen LogP contribution is 2.38. The predicted octanol–water partition coefficient (Wildman–Crippen LogP) is 1.81. The van der Waals surface area contributed by atoms with Crippen LogP contribution in [-0.4, -0.2) is 63.4 Å². The molecule has 1 aliphatic carbocycles. The quantitative estimate of drug-likeness (QED) is 0.522. The summed E-state index contributed by atoms with van der Waals surface area (Å²) >= 11 is 7.37. The standard InChI is InChI=1S/C21H22ClN3O7S2/c22-15-5-4-12(34(29,30)25-6-8-31-9-7-25)10-14(15)21(28)32-11-17(26)24-20-18(19(23)27)13-2-1-3-16(13)33-20/h4-5,10H,1-3,6-9,11H2,(H2,23,27)(H,24,26). The first kappa shape index (κ1) is 24.6. The number of amides is 2. The molecule has 0 radical (unpaired) electrons. The molecule has 1 fully saturated rings. The number of hydrogen-bond donors (Lipinski definition) is 2. The van der Waals surface area contributed by atoms with Crippen molar-refractivity contribution in [3.8, 4) is 0 Å². The number of carbonyl (C=O) groups excluding carboxylic acids is 3. The lowest BCUT2D eigenvalue weighted by Crippen LogP contribution is -2.40. The van der Waals surface area contributed by atoms with Crippen LogP contribution in [0.1, 0.15) is 37.6 Å². The minimum atomic E-state index is -3.85. The minimum absolute atomic E-state index is 0.0166. The van der Waals surface area contributed by atoms with Gasteiger partial charge in [0.2, 0.25) is 10.0 Å². The molecule has 2 heterocycles. The molecule has 1 aliphatic heterocycles. The van der Waals surface area contributed by atoms with Crippen molar-refractivity contribution in [2.75, 3.05) is 38.2 Å². The van der Waals surface area contributed by atoms with E-state index in [1.54, 1.807) is 0 Å². The zero-order chi connectivity index (χ0) is 24.5. The van der Waals surface area contributed by atoms with Gasteiger partial charge in [-0.15, -0.1) is 11.3 Å². The van der Waals surface area contributed by atoms with Gasteiger partial charge in [0, 0.05) is 18.0 Å². The van der Waals surface area contributed by atoms with Crippen LogP contribution in [0.4, 0.5) is 5.00 Å². The van der Waals surface area contributed by atoms with E-state index >= 15 is 0 Å². The van der Waals surface area contributed by atoms with Crippen molar-refractivity contribution in [1.82, 2.24) is 4.31 Å². The van der Waals surface area contributed by atoms with Crippen molar-refractivity contribution in [3.05, 3.63) is 44.8 Å². The number of nitrogens with two attached hydrogens (primary N) is 1. The molecule has 182 valence electrons. The average molecular weight is 528 g/mol. The Bertz CT molecular complexity index is 1250. The van der Waals surface area contributed by atoms with Gasteiger partial charge in [-0.25, -0.2) is 13.2 Å². The molecule has 10 nitrogen and oxygen atoms in total. The van der Waals surface area contributed by atoms with Gasteiger partial charge < -0.3 is 20.5 Å². The molecule has 0 spiro atoms. The van der Waals surface area contributed by atoms with Gasteiger partial charge in [-0.1, -0.05) is 11.6 Å². The summed E-state index contributed by atoms with van der Waals surface area (Å²) in [4.78, 5) is 37.7. The number of sulfonamides is 1. The number of ether oxygens (including phenoxy) is 2. The molecule has 2 aliphatic rings. The number of carbonyl (C=O) groups is 3. The third-order valence-electron chi connectivity index (χ3n) is 5.52. The van der Waals surface area contributed by atoms with Crippen molar-refractivity contribution >= 4 is 55.7 Å². The molecule has 0 atom stereocenters. The smallest absolute Gasteiger partial charge is 0.340 e. The SMILES string of the molecule is NC(=O)c1c(NC(=O)COC(=O)c2cc(S(=O)(=O)N3CCOCC3)ccc2Cl)sc2c1CCC2. The number of thiophene rings is 1. The number of aryl methyl sites for hydroxylation is 1. The third-order valence-corrected chi connectivity index (χ3v) is 8.95. The first-order valence-corrected chi connectivity index (χ1v) is 13.1. The Balaban J connectivity index is 1.44. The van der Waals surface area contributed by atoms with E-state index in [0.717, 1.165) is 35.8 Å². The van der Waals surface area contributed by atoms with Crippen LogP contribution in [0.3, 0.4) is 0 Å². The van der Waals surface area contributed by atoms with Crippen molar-refractivity contribution in [2.45, 2.75) is 24.2 Å². The first-order valence-electron chi connectivity index (χ1n) is 10.5. The van der Waals surface area contributed by atoms with Crippen LogP contribution < -0.4 is 11.1 Å². The number of hydrogen-bond acceptors (Lipinski definition) is 8. The Kier molecular flexibility index (Phi) is 7.24.